The summed E-state index contributed by atoms with van der Waals surface area (Å²) in [6.07, 6.45) is 0.966. The van der Waals surface area contributed by atoms with E-state index in [-0.39, 0.29) is 11.9 Å². The predicted molar refractivity (Wildman–Crippen MR) is 88.4 cm³/mol. The van der Waals surface area contributed by atoms with Crippen molar-refractivity contribution in [3.05, 3.63) is 63.6 Å². The topological polar surface area (TPSA) is 41.1 Å². The second-order valence-electron chi connectivity index (χ2n) is 5.31. The summed E-state index contributed by atoms with van der Waals surface area (Å²) < 4.78 is 0.903. The molecule has 108 valence electrons. The molecule has 4 heteroatoms. The summed E-state index contributed by atoms with van der Waals surface area (Å²) in [6.45, 7) is 2.85. The van der Waals surface area contributed by atoms with Gasteiger partial charge in [0.1, 0.15) is 6.04 Å². The third kappa shape index (κ3) is 3.01. The number of aryl methyl sites for hydroxylation is 1. The van der Waals surface area contributed by atoms with E-state index in [1.165, 1.54) is 5.56 Å². The van der Waals surface area contributed by atoms with Crippen LogP contribution in [-0.2, 0) is 11.2 Å². The van der Waals surface area contributed by atoms with E-state index in [0.29, 0.717) is 0 Å². The fourth-order valence-electron chi connectivity index (χ4n) is 2.66. The summed E-state index contributed by atoms with van der Waals surface area (Å²) in [6, 6.07) is 13.7. The molecule has 1 atom stereocenters. The molecule has 0 saturated heterocycles. The lowest BCUT2D eigenvalue weighted by atomic mass is 9.94. The van der Waals surface area contributed by atoms with E-state index in [1.807, 2.05) is 43.3 Å². The molecule has 3 rings (SSSR count). The number of carbonyl (C=O) groups is 1. The summed E-state index contributed by atoms with van der Waals surface area (Å²) in [5.74, 6) is -0.0216. The second kappa shape index (κ2) is 6.00. The standard InChI is InChI=1S/C17H17BrN2O/c1-11-6-7-15(14(18)10-11)20-17(21)16-13-5-3-2-4-12(13)8-9-19-16/h2-7,10,16,19H,8-9H2,1H3,(H,20,21). The smallest absolute Gasteiger partial charge is 0.246 e. The van der Waals surface area contributed by atoms with Gasteiger partial charge in [-0.05, 0) is 58.1 Å². The van der Waals surface area contributed by atoms with Gasteiger partial charge in [0.2, 0.25) is 5.91 Å². The maximum atomic E-state index is 12.6. The molecule has 2 aromatic rings. The molecule has 1 unspecified atom stereocenters. The Labute approximate surface area is 132 Å². The Bertz CT molecular complexity index is 684. The Morgan fingerprint density at radius 1 is 1.29 bits per heavy atom. The van der Waals surface area contributed by atoms with Gasteiger partial charge in [0, 0.05) is 11.0 Å². The van der Waals surface area contributed by atoms with Crippen molar-refractivity contribution in [2.75, 3.05) is 11.9 Å². The molecule has 0 fully saturated rings. The summed E-state index contributed by atoms with van der Waals surface area (Å²) in [4.78, 5) is 12.6. The van der Waals surface area contributed by atoms with E-state index < -0.39 is 0 Å². The van der Waals surface area contributed by atoms with Gasteiger partial charge in [-0.1, -0.05) is 30.3 Å². The molecule has 2 N–H and O–H groups in total. The maximum absolute atomic E-state index is 12.6. The van der Waals surface area contributed by atoms with Gasteiger partial charge >= 0.3 is 0 Å². The average Bonchev–Trinajstić information content (AvgIpc) is 2.49. The molecule has 0 saturated carbocycles. The van der Waals surface area contributed by atoms with E-state index in [9.17, 15) is 4.79 Å². The number of anilines is 1. The van der Waals surface area contributed by atoms with Gasteiger partial charge in [0.05, 0.1) is 5.69 Å². The molecule has 0 aliphatic carbocycles. The van der Waals surface area contributed by atoms with Crippen molar-refractivity contribution in [3.8, 4) is 0 Å². The van der Waals surface area contributed by atoms with Crippen molar-refractivity contribution in [2.45, 2.75) is 19.4 Å². The number of rotatable bonds is 2. The number of fused-ring (bicyclic) bond motifs is 1. The minimum absolute atomic E-state index is 0.0216. The van der Waals surface area contributed by atoms with E-state index in [0.717, 1.165) is 34.3 Å². The zero-order valence-electron chi connectivity index (χ0n) is 11.8. The van der Waals surface area contributed by atoms with Crippen LogP contribution in [0.1, 0.15) is 22.7 Å². The summed E-state index contributed by atoms with van der Waals surface area (Å²) in [7, 11) is 0. The molecule has 0 spiro atoms. The Kier molecular flexibility index (Phi) is 4.08. The highest BCUT2D eigenvalue weighted by Gasteiger charge is 2.25. The molecule has 21 heavy (non-hydrogen) atoms. The van der Waals surface area contributed by atoms with Crippen LogP contribution < -0.4 is 10.6 Å². The lowest BCUT2D eigenvalue weighted by Crippen LogP contribution is -2.38. The van der Waals surface area contributed by atoms with Gasteiger partial charge in [0.15, 0.2) is 0 Å². The van der Waals surface area contributed by atoms with Crippen LogP contribution in [0.15, 0.2) is 46.9 Å². The van der Waals surface area contributed by atoms with Crippen molar-refractivity contribution in [1.29, 1.82) is 0 Å². The van der Waals surface area contributed by atoms with Crippen LogP contribution in [0.2, 0.25) is 0 Å². The summed E-state index contributed by atoms with van der Waals surface area (Å²) >= 11 is 3.50. The van der Waals surface area contributed by atoms with Gasteiger partial charge < -0.3 is 10.6 Å². The van der Waals surface area contributed by atoms with E-state index in [4.69, 9.17) is 0 Å². The maximum Gasteiger partial charge on any atom is 0.246 e. The first-order valence-electron chi connectivity index (χ1n) is 7.03. The van der Waals surface area contributed by atoms with Crippen LogP contribution in [0.25, 0.3) is 0 Å². The highest BCUT2D eigenvalue weighted by atomic mass is 79.9. The van der Waals surface area contributed by atoms with Gasteiger partial charge in [-0.3, -0.25) is 4.79 Å². The van der Waals surface area contributed by atoms with Gasteiger partial charge in [-0.2, -0.15) is 0 Å². The highest BCUT2D eigenvalue weighted by molar-refractivity contribution is 9.10. The molecule has 1 aliphatic heterocycles. The molecule has 3 nitrogen and oxygen atoms in total. The first kappa shape index (κ1) is 14.3. The number of nitrogens with one attached hydrogen (secondary N) is 2. The number of amides is 1. The van der Waals surface area contributed by atoms with Gasteiger partial charge in [-0.25, -0.2) is 0 Å². The van der Waals surface area contributed by atoms with Crippen LogP contribution >= 0.6 is 15.9 Å². The Morgan fingerprint density at radius 3 is 2.90 bits per heavy atom. The Hall–Kier alpha value is -1.65. The molecule has 2 aromatic carbocycles. The number of halogens is 1. The van der Waals surface area contributed by atoms with Crippen molar-refractivity contribution >= 4 is 27.5 Å². The van der Waals surface area contributed by atoms with Crippen LogP contribution in [0, 0.1) is 6.92 Å². The molecule has 1 aliphatic rings. The van der Waals surface area contributed by atoms with Crippen LogP contribution in [-0.4, -0.2) is 12.5 Å². The number of hydrogen-bond donors (Lipinski definition) is 2. The zero-order valence-corrected chi connectivity index (χ0v) is 13.4. The van der Waals surface area contributed by atoms with Crippen LogP contribution in [0.5, 0.6) is 0 Å². The molecule has 1 amide bonds. The SMILES string of the molecule is Cc1ccc(NC(=O)C2NCCc3ccccc32)c(Br)c1. The summed E-state index contributed by atoms with van der Waals surface area (Å²) in [5.41, 5.74) is 4.28. The van der Waals surface area contributed by atoms with E-state index >= 15 is 0 Å². The number of carbonyl (C=O) groups excluding carboxylic acids is 1. The average molecular weight is 345 g/mol. The molecular formula is C17H17BrN2O. The second-order valence-corrected chi connectivity index (χ2v) is 6.16. The minimum Gasteiger partial charge on any atom is -0.323 e. The van der Waals surface area contributed by atoms with Crippen molar-refractivity contribution < 1.29 is 4.79 Å². The first-order valence-corrected chi connectivity index (χ1v) is 7.82. The molecule has 0 radical (unpaired) electrons. The fourth-order valence-corrected chi connectivity index (χ4v) is 3.26. The molecular weight excluding hydrogens is 328 g/mol. The van der Waals surface area contributed by atoms with Crippen molar-refractivity contribution in [1.82, 2.24) is 5.32 Å². The number of hydrogen-bond acceptors (Lipinski definition) is 2. The van der Waals surface area contributed by atoms with Crippen LogP contribution in [0.3, 0.4) is 0 Å². The molecule has 0 bridgehead atoms. The van der Waals surface area contributed by atoms with Gasteiger partial charge in [-0.15, -0.1) is 0 Å². The largest absolute Gasteiger partial charge is 0.323 e. The quantitative estimate of drug-likeness (QED) is 0.874. The molecule has 0 aromatic heterocycles. The predicted octanol–water partition coefficient (Wildman–Crippen LogP) is 3.58. The van der Waals surface area contributed by atoms with Crippen molar-refractivity contribution in [2.24, 2.45) is 0 Å². The lowest BCUT2D eigenvalue weighted by Gasteiger charge is -2.26. The van der Waals surface area contributed by atoms with E-state index in [1.54, 1.807) is 0 Å². The third-order valence-corrected chi connectivity index (χ3v) is 4.41. The van der Waals surface area contributed by atoms with Crippen molar-refractivity contribution in [3.63, 3.8) is 0 Å². The molecule has 1 heterocycles. The summed E-state index contributed by atoms with van der Waals surface area (Å²) in [5, 5.41) is 6.30. The normalized spacial score (nSPS) is 17.1. The fraction of sp³-hybridized carbons (Fsp3) is 0.235. The Balaban J connectivity index is 1.83. The van der Waals surface area contributed by atoms with Crippen LogP contribution in [0.4, 0.5) is 5.69 Å². The lowest BCUT2D eigenvalue weighted by molar-refractivity contribution is -0.118. The minimum atomic E-state index is -0.289. The highest BCUT2D eigenvalue weighted by Crippen LogP contribution is 2.27. The first-order chi connectivity index (χ1) is 10.1. The number of benzene rings is 2. The van der Waals surface area contributed by atoms with E-state index in [2.05, 4.69) is 32.6 Å². The monoisotopic (exact) mass is 344 g/mol. The van der Waals surface area contributed by atoms with Gasteiger partial charge in [0.25, 0.3) is 0 Å². The Morgan fingerprint density at radius 2 is 2.10 bits per heavy atom. The zero-order chi connectivity index (χ0) is 14.8. The third-order valence-electron chi connectivity index (χ3n) is 3.75.